The van der Waals surface area contributed by atoms with E-state index >= 15 is 0 Å². The molecule has 0 aromatic heterocycles. The molecule has 0 bridgehead atoms. The van der Waals surface area contributed by atoms with E-state index in [1.54, 1.807) is 0 Å². The van der Waals surface area contributed by atoms with Crippen molar-refractivity contribution < 1.29 is 0 Å². The van der Waals surface area contributed by atoms with E-state index in [0.717, 1.165) is 52.0 Å². The first-order valence-corrected chi connectivity index (χ1v) is 9.30. The largest absolute Gasteiger partial charge is 0.326 e. The van der Waals surface area contributed by atoms with Gasteiger partial charge in [-0.15, -0.1) is 0 Å². The van der Waals surface area contributed by atoms with Crippen molar-refractivity contribution in [3.8, 4) is 0 Å². The van der Waals surface area contributed by atoms with E-state index in [1.165, 1.54) is 0 Å². The molecule has 1 fully saturated rings. The lowest BCUT2D eigenvalue weighted by molar-refractivity contribution is -0.0141. The second kappa shape index (κ2) is 7.98. The lowest BCUT2D eigenvalue weighted by Gasteiger charge is -2.50. The van der Waals surface area contributed by atoms with Crippen molar-refractivity contribution in [1.29, 1.82) is 0 Å². The highest BCUT2D eigenvalue weighted by molar-refractivity contribution is 4.95. The van der Waals surface area contributed by atoms with E-state index in [4.69, 9.17) is 17.2 Å². The summed E-state index contributed by atoms with van der Waals surface area (Å²) in [4.78, 5) is 2.50. The maximum absolute atomic E-state index is 6.28. The van der Waals surface area contributed by atoms with Crippen LogP contribution in [-0.4, -0.2) is 47.1 Å². The summed E-state index contributed by atoms with van der Waals surface area (Å²) in [5, 5.41) is 7.16. The van der Waals surface area contributed by atoms with Crippen LogP contribution in [0.5, 0.6) is 0 Å². The molecule has 0 aliphatic carbocycles. The molecule has 24 heavy (non-hydrogen) atoms. The minimum Gasteiger partial charge on any atom is -0.326 e. The number of nitrogens with two attached hydrogens (primary N) is 3. The fourth-order valence-corrected chi connectivity index (χ4v) is 3.07. The molecule has 1 aliphatic rings. The summed E-state index contributed by atoms with van der Waals surface area (Å²) in [5.74, 6) is 0. The third-order valence-corrected chi connectivity index (χ3v) is 4.84. The van der Waals surface area contributed by atoms with Crippen molar-refractivity contribution in [2.24, 2.45) is 17.2 Å². The molecule has 6 nitrogen and oxygen atoms in total. The summed E-state index contributed by atoms with van der Waals surface area (Å²) in [7, 11) is 0. The summed E-state index contributed by atoms with van der Waals surface area (Å²) >= 11 is 0. The van der Waals surface area contributed by atoms with Crippen molar-refractivity contribution in [2.75, 3.05) is 19.9 Å². The van der Waals surface area contributed by atoms with Gasteiger partial charge in [0.25, 0.3) is 0 Å². The Balaban J connectivity index is 2.91. The second-order valence-corrected chi connectivity index (χ2v) is 9.77. The minimum absolute atomic E-state index is 0.0657. The molecule has 1 saturated heterocycles. The van der Waals surface area contributed by atoms with Crippen LogP contribution in [-0.2, 0) is 0 Å². The Hall–Kier alpha value is -0.240. The van der Waals surface area contributed by atoms with Gasteiger partial charge in [0.15, 0.2) is 0 Å². The van der Waals surface area contributed by atoms with Crippen LogP contribution in [0, 0.1) is 0 Å². The molecular weight excluding hydrogens is 300 g/mol. The maximum Gasteiger partial charge on any atom is 0.0733 e. The fraction of sp³-hybridized carbons (Fsp3) is 1.00. The molecule has 0 aromatic rings. The standard InChI is InChI=1S/C18H42N6/c1-15(2,19)7-9-18(10-8-16(3,4)20)23-13-22-14-24(18)12-11-17(5,6)21/h22-23H,7-14,19-21H2,1-6H3. The maximum atomic E-state index is 6.28. The fourth-order valence-electron chi connectivity index (χ4n) is 3.07. The molecule has 8 N–H and O–H groups in total. The van der Waals surface area contributed by atoms with E-state index in [2.05, 4.69) is 57.1 Å². The van der Waals surface area contributed by atoms with Crippen molar-refractivity contribution in [2.45, 2.75) is 95.9 Å². The van der Waals surface area contributed by atoms with Crippen LogP contribution in [0.25, 0.3) is 0 Å². The Morgan fingerprint density at radius 2 is 1.29 bits per heavy atom. The quantitative estimate of drug-likeness (QED) is 0.432. The third kappa shape index (κ3) is 8.23. The topological polar surface area (TPSA) is 105 Å². The summed E-state index contributed by atoms with van der Waals surface area (Å²) in [6, 6.07) is 0. The van der Waals surface area contributed by atoms with Crippen molar-refractivity contribution in [3.63, 3.8) is 0 Å². The highest BCUT2D eigenvalue weighted by atomic mass is 15.4. The van der Waals surface area contributed by atoms with Crippen molar-refractivity contribution in [3.05, 3.63) is 0 Å². The van der Waals surface area contributed by atoms with Crippen LogP contribution in [0.2, 0.25) is 0 Å². The van der Waals surface area contributed by atoms with Crippen molar-refractivity contribution >= 4 is 0 Å². The molecule has 0 spiro atoms. The number of hydrogen-bond acceptors (Lipinski definition) is 6. The molecule has 1 aliphatic heterocycles. The van der Waals surface area contributed by atoms with Gasteiger partial charge < -0.3 is 17.2 Å². The van der Waals surface area contributed by atoms with Crippen LogP contribution in [0.4, 0.5) is 0 Å². The number of nitrogens with zero attached hydrogens (tertiary/aromatic N) is 1. The molecule has 0 unspecified atom stereocenters. The van der Waals surface area contributed by atoms with E-state index in [-0.39, 0.29) is 22.3 Å². The smallest absolute Gasteiger partial charge is 0.0733 e. The Morgan fingerprint density at radius 1 is 0.833 bits per heavy atom. The Kier molecular flexibility index (Phi) is 7.24. The number of rotatable bonds is 9. The molecule has 1 heterocycles. The molecule has 0 saturated carbocycles. The van der Waals surface area contributed by atoms with Crippen molar-refractivity contribution in [1.82, 2.24) is 15.5 Å². The minimum atomic E-state index is -0.170. The van der Waals surface area contributed by atoms with E-state index in [0.29, 0.717) is 0 Å². The van der Waals surface area contributed by atoms with Gasteiger partial charge in [-0.3, -0.25) is 15.5 Å². The average Bonchev–Trinajstić information content (AvgIpc) is 2.39. The highest BCUT2D eigenvalue weighted by Gasteiger charge is 2.40. The third-order valence-electron chi connectivity index (χ3n) is 4.84. The van der Waals surface area contributed by atoms with Gasteiger partial charge in [0.1, 0.15) is 0 Å². The second-order valence-electron chi connectivity index (χ2n) is 9.77. The molecule has 0 atom stereocenters. The molecule has 0 aromatic carbocycles. The summed E-state index contributed by atoms with van der Waals surface area (Å²) in [6.45, 7) is 15.2. The van der Waals surface area contributed by atoms with Crippen LogP contribution in [0.3, 0.4) is 0 Å². The molecule has 0 amide bonds. The van der Waals surface area contributed by atoms with Crippen LogP contribution in [0.1, 0.15) is 73.6 Å². The van der Waals surface area contributed by atoms with E-state index < -0.39 is 0 Å². The SMILES string of the molecule is CC(C)(N)CCN1CNCNC1(CCC(C)(C)N)CCC(C)(C)N. The van der Waals surface area contributed by atoms with Gasteiger partial charge in [0.2, 0.25) is 0 Å². The summed E-state index contributed by atoms with van der Waals surface area (Å²) < 4.78 is 0. The lowest BCUT2D eigenvalue weighted by atomic mass is 9.85. The number of nitrogens with one attached hydrogen (secondary N) is 2. The average molecular weight is 343 g/mol. The predicted molar refractivity (Wildman–Crippen MR) is 103 cm³/mol. The molecule has 1 rings (SSSR count). The van der Waals surface area contributed by atoms with Gasteiger partial charge in [-0.1, -0.05) is 0 Å². The monoisotopic (exact) mass is 342 g/mol. The molecular formula is C18H42N6. The molecule has 144 valence electrons. The molecule has 6 heteroatoms. The van der Waals surface area contributed by atoms with Crippen LogP contribution < -0.4 is 27.8 Å². The van der Waals surface area contributed by atoms with Gasteiger partial charge in [-0.2, -0.15) is 0 Å². The summed E-state index contributed by atoms with van der Waals surface area (Å²) in [5.41, 5.74) is 18.2. The van der Waals surface area contributed by atoms with Crippen LogP contribution >= 0.6 is 0 Å². The zero-order chi connectivity index (χ0) is 18.6. The zero-order valence-corrected chi connectivity index (χ0v) is 16.8. The van der Waals surface area contributed by atoms with Gasteiger partial charge in [0.05, 0.1) is 12.3 Å². The van der Waals surface area contributed by atoms with E-state index in [1.807, 2.05) is 0 Å². The van der Waals surface area contributed by atoms with E-state index in [9.17, 15) is 0 Å². The van der Waals surface area contributed by atoms with Gasteiger partial charge in [0, 0.05) is 29.8 Å². The predicted octanol–water partition coefficient (Wildman–Crippen LogP) is 1.25. The number of hydrogen-bond donors (Lipinski definition) is 5. The Bertz CT molecular complexity index is 356. The first-order valence-electron chi connectivity index (χ1n) is 9.30. The molecule has 0 radical (unpaired) electrons. The Labute approximate surface area is 149 Å². The summed E-state index contributed by atoms with van der Waals surface area (Å²) in [6.07, 6.45) is 4.91. The normalized spacial score (nSPS) is 20.4. The first kappa shape index (κ1) is 21.8. The van der Waals surface area contributed by atoms with Gasteiger partial charge in [-0.05, 0) is 73.6 Å². The van der Waals surface area contributed by atoms with Crippen LogP contribution in [0.15, 0.2) is 0 Å². The van der Waals surface area contributed by atoms with Gasteiger partial charge in [-0.25, -0.2) is 0 Å². The zero-order valence-electron chi connectivity index (χ0n) is 16.8. The lowest BCUT2D eigenvalue weighted by Crippen LogP contribution is -2.68. The highest BCUT2D eigenvalue weighted by Crippen LogP contribution is 2.30. The van der Waals surface area contributed by atoms with Gasteiger partial charge >= 0.3 is 0 Å². The Morgan fingerprint density at radius 3 is 1.71 bits per heavy atom. The first-order chi connectivity index (χ1) is 10.7.